The number of aliphatic hydroxyl groups excluding tert-OH is 1. The van der Waals surface area contributed by atoms with Gasteiger partial charge in [0.1, 0.15) is 0 Å². The fourth-order valence-corrected chi connectivity index (χ4v) is 2.34. The van der Waals surface area contributed by atoms with Crippen molar-refractivity contribution in [3.8, 4) is 0 Å². The Kier molecular flexibility index (Phi) is 6.41. The molecule has 1 rings (SSSR count). The summed E-state index contributed by atoms with van der Waals surface area (Å²) in [6, 6.07) is 0.252. The van der Waals surface area contributed by atoms with Gasteiger partial charge in [0.2, 0.25) is 0 Å². The minimum Gasteiger partial charge on any atom is -0.389 e. The number of aliphatic hydroxyl groups is 1. The lowest BCUT2D eigenvalue weighted by Crippen LogP contribution is -2.45. The molecule has 1 fully saturated rings. The summed E-state index contributed by atoms with van der Waals surface area (Å²) in [6.07, 6.45) is 2.20. The van der Waals surface area contributed by atoms with E-state index in [4.69, 9.17) is 10.5 Å². The molecule has 3 N–H and O–H groups in total. The SMILES string of the molecule is CC(C)OCC(O)CN1CCCC(C(C)N)C1. The Morgan fingerprint density at radius 1 is 1.41 bits per heavy atom. The van der Waals surface area contributed by atoms with Crippen LogP contribution in [0.5, 0.6) is 0 Å². The second kappa shape index (κ2) is 7.31. The third-order valence-electron chi connectivity index (χ3n) is 3.38. The molecule has 102 valence electrons. The normalized spacial score (nSPS) is 26.1. The van der Waals surface area contributed by atoms with Gasteiger partial charge in [-0.1, -0.05) is 0 Å². The Morgan fingerprint density at radius 2 is 2.12 bits per heavy atom. The summed E-state index contributed by atoms with van der Waals surface area (Å²) in [5.74, 6) is 0.571. The summed E-state index contributed by atoms with van der Waals surface area (Å²) < 4.78 is 5.42. The molecule has 17 heavy (non-hydrogen) atoms. The van der Waals surface area contributed by atoms with Gasteiger partial charge in [-0.2, -0.15) is 0 Å². The average molecular weight is 244 g/mol. The molecule has 0 saturated carbocycles. The van der Waals surface area contributed by atoms with Crippen LogP contribution in [-0.4, -0.2) is 54.5 Å². The van der Waals surface area contributed by atoms with Gasteiger partial charge in [0.05, 0.1) is 18.8 Å². The van der Waals surface area contributed by atoms with Crippen molar-refractivity contribution in [2.75, 3.05) is 26.2 Å². The molecule has 3 unspecified atom stereocenters. The van der Waals surface area contributed by atoms with Gasteiger partial charge in [0.15, 0.2) is 0 Å². The smallest absolute Gasteiger partial charge is 0.0900 e. The number of hydrogen-bond donors (Lipinski definition) is 2. The fraction of sp³-hybridized carbons (Fsp3) is 1.00. The molecule has 1 heterocycles. The second-order valence-electron chi connectivity index (χ2n) is 5.56. The van der Waals surface area contributed by atoms with Gasteiger partial charge in [-0.15, -0.1) is 0 Å². The maximum Gasteiger partial charge on any atom is 0.0900 e. The highest BCUT2D eigenvalue weighted by Crippen LogP contribution is 2.18. The van der Waals surface area contributed by atoms with Crippen molar-refractivity contribution in [3.05, 3.63) is 0 Å². The average Bonchev–Trinajstić information content (AvgIpc) is 2.26. The zero-order valence-corrected chi connectivity index (χ0v) is 11.4. The van der Waals surface area contributed by atoms with Gasteiger partial charge in [-0.25, -0.2) is 0 Å². The van der Waals surface area contributed by atoms with E-state index in [2.05, 4.69) is 11.8 Å². The highest BCUT2D eigenvalue weighted by molar-refractivity contribution is 4.79. The molecular weight excluding hydrogens is 216 g/mol. The molecule has 0 aromatic heterocycles. The fourth-order valence-electron chi connectivity index (χ4n) is 2.34. The Hall–Kier alpha value is -0.160. The number of nitrogens with zero attached hydrogens (tertiary/aromatic N) is 1. The summed E-state index contributed by atoms with van der Waals surface area (Å²) in [4.78, 5) is 2.31. The first-order chi connectivity index (χ1) is 7.99. The molecule has 1 aliphatic rings. The molecule has 0 amide bonds. The minimum absolute atomic E-state index is 0.183. The molecule has 0 aliphatic carbocycles. The van der Waals surface area contributed by atoms with Gasteiger partial charge in [0.25, 0.3) is 0 Å². The van der Waals surface area contributed by atoms with Crippen LogP contribution in [0, 0.1) is 5.92 Å². The van der Waals surface area contributed by atoms with Crippen LogP contribution in [0.4, 0.5) is 0 Å². The maximum atomic E-state index is 9.88. The number of nitrogens with two attached hydrogens (primary N) is 1. The molecule has 0 aromatic rings. The third kappa shape index (κ3) is 5.82. The molecule has 0 radical (unpaired) electrons. The predicted molar refractivity (Wildman–Crippen MR) is 69.9 cm³/mol. The van der Waals surface area contributed by atoms with E-state index in [1.165, 1.54) is 12.8 Å². The second-order valence-corrected chi connectivity index (χ2v) is 5.56. The molecular formula is C13H28N2O2. The zero-order chi connectivity index (χ0) is 12.8. The largest absolute Gasteiger partial charge is 0.389 e. The van der Waals surface area contributed by atoms with Crippen molar-refractivity contribution < 1.29 is 9.84 Å². The molecule has 0 aromatic carbocycles. The van der Waals surface area contributed by atoms with Crippen molar-refractivity contribution in [1.29, 1.82) is 0 Å². The van der Waals surface area contributed by atoms with Gasteiger partial charge in [-0.05, 0) is 46.1 Å². The first kappa shape index (κ1) is 14.9. The Labute approximate surface area is 105 Å². The van der Waals surface area contributed by atoms with E-state index < -0.39 is 0 Å². The zero-order valence-electron chi connectivity index (χ0n) is 11.4. The molecule has 0 spiro atoms. The molecule has 0 bridgehead atoms. The topological polar surface area (TPSA) is 58.7 Å². The summed E-state index contributed by atoms with van der Waals surface area (Å²) >= 11 is 0. The van der Waals surface area contributed by atoms with Crippen LogP contribution in [0.15, 0.2) is 0 Å². The van der Waals surface area contributed by atoms with E-state index in [0.717, 1.165) is 13.1 Å². The number of ether oxygens (including phenoxy) is 1. The van der Waals surface area contributed by atoms with Crippen LogP contribution in [0.2, 0.25) is 0 Å². The summed E-state index contributed by atoms with van der Waals surface area (Å²) in [6.45, 7) is 9.26. The standard InChI is InChI=1S/C13H28N2O2/c1-10(2)17-9-13(16)8-15-6-4-5-12(7-15)11(3)14/h10-13,16H,4-9,14H2,1-3H3. The predicted octanol–water partition coefficient (Wildman–Crippen LogP) is 0.832. The molecule has 1 saturated heterocycles. The molecule has 4 nitrogen and oxygen atoms in total. The van der Waals surface area contributed by atoms with E-state index in [0.29, 0.717) is 19.1 Å². The van der Waals surface area contributed by atoms with E-state index in [1.807, 2.05) is 13.8 Å². The lowest BCUT2D eigenvalue weighted by Gasteiger charge is -2.35. The monoisotopic (exact) mass is 244 g/mol. The Balaban J connectivity index is 2.25. The van der Waals surface area contributed by atoms with Crippen molar-refractivity contribution in [2.45, 2.75) is 51.9 Å². The first-order valence-corrected chi connectivity index (χ1v) is 6.76. The van der Waals surface area contributed by atoms with E-state index >= 15 is 0 Å². The number of hydrogen-bond acceptors (Lipinski definition) is 4. The Morgan fingerprint density at radius 3 is 2.71 bits per heavy atom. The van der Waals surface area contributed by atoms with Crippen molar-refractivity contribution in [3.63, 3.8) is 0 Å². The van der Waals surface area contributed by atoms with Gasteiger partial charge in [-0.3, -0.25) is 0 Å². The van der Waals surface area contributed by atoms with Crippen LogP contribution >= 0.6 is 0 Å². The summed E-state index contributed by atoms with van der Waals surface area (Å²) in [5, 5.41) is 9.88. The van der Waals surface area contributed by atoms with E-state index in [1.54, 1.807) is 0 Å². The number of β-amino-alcohol motifs (C(OH)–C–C–N with tert-alkyl or cyclic N) is 1. The number of likely N-dealkylation sites (tertiary alicyclic amines) is 1. The van der Waals surface area contributed by atoms with Gasteiger partial charge >= 0.3 is 0 Å². The van der Waals surface area contributed by atoms with Crippen molar-refractivity contribution in [1.82, 2.24) is 4.90 Å². The highest BCUT2D eigenvalue weighted by atomic mass is 16.5. The lowest BCUT2D eigenvalue weighted by atomic mass is 9.92. The molecule has 3 atom stereocenters. The molecule has 1 aliphatic heterocycles. The summed E-state index contributed by atoms with van der Waals surface area (Å²) in [5.41, 5.74) is 5.94. The van der Waals surface area contributed by atoms with Crippen molar-refractivity contribution >= 4 is 0 Å². The van der Waals surface area contributed by atoms with Crippen molar-refractivity contribution in [2.24, 2.45) is 11.7 Å². The van der Waals surface area contributed by atoms with Crippen LogP contribution in [0.1, 0.15) is 33.6 Å². The van der Waals surface area contributed by atoms with Crippen LogP contribution in [0.3, 0.4) is 0 Å². The quantitative estimate of drug-likeness (QED) is 0.726. The Bertz CT molecular complexity index is 210. The first-order valence-electron chi connectivity index (χ1n) is 6.76. The van der Waals surface area contributed by atoms with E-state index in [9.17, 15) is 5.11 Å². The van der Waals surface area contributed by atoms with Gasteiger partial charge < -0.3 is 20.5 Å². The van der Waals surface area contributed by atoms with Crippen LogP contribution in [-0.2, 0) is 4.74 Å². The van der Waals surface area contributed by atoms with E-state index in [-0.39, 0.29) is 18.2 Å². The van der Waals surface area contributed by atoms with Crippen LogP contribution < -0.4 is 5.73 Å². The lowest BCUT2D eigenvalue weighted by molar-refractivity contribution is -0.0141. The maximum absolute atomic E-state index is 9.88. The highest BCUT2D eigenvalue weighted by Gasteiger charge is 2.24. The third-order valence-corrected chi connectivity index (χ3v) is 3.38. The van der Waals surface area contributed by atoms with Gasteiger partial charge in [0, 0.05) is 19.1 Å². The number of rotatable bonds is 6. The minimum atomic E-state index is -0.385. The molecule has 4 heteroatoms. The number of piperidine rings is 1. The van der Waals surface area contributed by atoms with Crippen LogP contribution in [0.25, 0.3) is 0 Å². The summed E-state index contributed by atoms with van der Waals surface area (Å²) in [7, 11) is 0.